The third-order valence-corrected chi connectivity index (χ3v) is 74.1. The minimum atomic E-state index is -5.00. The molecule has 4 aromatic rings. The average Bonchev–Trinajstić information content (AvgIpc) is 3.69. The Hall–Kier alpha value is -1.09. The third kappa shape index (κ3) is 8.71. The van der Waals surface area contributed by atoms with Crippen LogP contribution in [-0.4, -0.2) is 38.2 Å². The average molecular weight is 1000 g/mol. The molecule has 6 rings (SSSR count). The van der Waals surface area contributed by atoms with Crippen LogP contribution in [0.15, 0.2) is 71.8 Å². The van der Waals surface area contributed by atoms with Gasteiger partial charge in [0.2, 0.25) is 0 Å². The van der Waals surface area contributed by atoms with Gasteiger partial charge < -0.3 is 0 Å². The molecular formula is C52H77Cl2Si5Zr. The predicted molar refractivity (Wildman–Crippen MR) is 287 cm³/mol. The zero-order valence-corrected chi connectivity index (χ0v) is 49.9. The van der Waals surface area contributed by atoms with Crippen molar-refractivity contribution >= 4 is 88.1 Å². The van der Waals surface area contributed by atoms with Gasteiger partial charge in [-0.3, -0.25) is 0 Å². The van der Waals surface area contributed by atoms with Gasteiger partial charge in [-0.05, 0) is 0 Å². The number of benzene rings is 4. The second-order valence-electron chi connectivity index (χ2n) is 23.3. The molecule has 4 aromatic carbocycles. The van der Waals surface area contributed by atoms with Crippen molar-refractivity contribution in [1.82, 2.24) is 0 Å². The Morgan fingerprint density at radius 3 is 1.05 bits per heavy atom. The Morgan fingerprint density at radius 2 is 0.800 bits per heavy atom. The van der Waals surface area contributed by atoms with E-state index in [0.29, 0.717) is 0 Å². The molecule has 2 atom stereocenters. The van der Waals surface area contributed by atoms with E-state index < -0.39 is 53.8 Å². The van der Waals surface area contributed by atoms with E-state index in [-0.39, 0.29) is 7.25 Å². The minimum absolute atomic E-state index is 0.0991. The molecule has 0 radical (unpaired) electrons. The van der Waals surface area contributed by atoms with Crippen molar-refractivity contribution in [3.63, 3.8) is 0 Å². The molecule has 0 bridgehead atoms. The zero-order valence-electron chi connectivity index (χ0n) is 40.7. The molecule has 2 aliphatic rings. The van der Waals surface area contributed by atoms with E-state index in [1.807, 2.05) is 0 Å². The van der Waals surface area contributed by atoms with Gasteiger partial charge in [0.05, 0.1) is 0 Å². The number of halogens is 2. The fourth-order valence-corrected chi connectivity index (χ4v) is 46.9. The van der Waals surface area contributed by atoms with Crippen LogP contribution in [0, 0.1) is 13.8 Å². The van der Waals surface area contributed by atoms with Crippen LogP contribution in [0.5, 0.6) is 0 Å². The summed E-state index contributed by atoms with van der Waals surface area (Å²) < 4.78 is 0.198. The molecular weight excluding hydrogens is 927 g/mol. The molecule has 8 heteroatoms. The SMILES string of the molecule is CCCC1=Cc2c(ccc(C)c2-c2cc([Si](C)(C)C)cc([Si](C)(C)C)c2)[CH]1[Zr]([Cl])([Cl])([CH]1C(CCC)=Cc2c1ccc(C)c2-c1cc([Si](C)(C)C)cc([Si](C)(C)C)c1)[SiH](C)C. The quantitative estimate of drug-likeness (QED) is 0.117. The van der Waals surface area contributed by atoms with Crippen LogP contribution in [0.3, 0.4) is 0 Å². The maximum absolute atomic E-state index is 9.05. The number of hydrogen-bond acceptors (Lipinski definition) is 0. The van der Waals surface area contributed by atoms with Crippen LogP contribution in [0.1, 0.15) is 80.2 Å². The summed E-state index contributed by atoms with van der Waals surface area (Å²) in [4.78, 5) is 0. The zero-order chi connectivity index (χ0) is 44.7. The first-order chi connectivity index (χ1) is 27.5. The number of hydrogen-bond donors (Lipinski definition) is 0. The van der Waals surface area contributed by atoms with Gasteiger partial charge in [-0.15, -0.1) is 0 Å². The van der Waals surface area contributed by atoms with Crippen molar-refractivity contribution in [3.05, 3.63) is 105 Å². The molecule has 323 valence electrons. The molecule has 0 N–H and O–H groups in total. The second-order valence-corrected chi connectivity index (χ2v) is 86.1. The van der Waals surface area contributed by atoms with Gasteiger partial charge in [-0.25, -0.2) is 0 Å². The van der Waals surface area contributed by atoms with Crippen molar-refractivity contribution in [1.29, 1.82) is 0 Å². The molecule has 0 nitrogen and oxygen atoms in total. The fourth-order valence-electron chi connectivity index (χ4n) is 10.4. The Morgan fingerprint density at radius 1 is 0.500 bits per heavy atom. The predicted octanol–water partition coefficient (Wildman–Crippen LogP) is 15.0. The van der Waals surface area contributed by atoms with Crippen molar-refractivity contribution in [2.45, 2.75) is 152 Å². The van der Waals surface area contributed by atoms with Crippen LogP contribution in [0.2, 0.25) is 91.7 Å². The molecule has 2 unspecified atom stereocenters. The van der Waals surface area contributed by atoms with Gasteiger partial charge in [-0.1, -0.05) is 0 Å². The summed E-state index contributed by atoms with van der Waals surface area (Å²) >= 11 is -5.00. The van der Waals surface area contributed by atoms with Crippen LogP contribution in [0.25, 0.3) is 34.4 Å². The summed E-state index contributed by atoms with van der Waals surface area (Å²) in [5.74, 6) is -1.71. The van der Waals surface area contributed by atoms with E-state index in [0.717, 1.165) is 25.7 Å². The number of rotatable bonds is 13. The fraction of sp³-hybridized carbons (Fsp3) is 0.462. The second kappa shape index (κ2) is 16.7. The van der Waals surface area contributed by atoms with Gasteiger partial charge in [0.1, 0.15) is 0 Å². The molecule has 2 aliphatic carbocycles. The summed E-state index contributed by atoms with van der Waals surface area (Å²) in [6.07, 6.45) is 9.45. The van der Waals surface area contributed by atoms with E-state index >= 15 is 0 Å². The van der Waals surface area contributed by atoms with Gasteiger partial charge in [0.25, 0.3) is 0 Å². The van der Waals surface area contributed by atoms with E-state index in [2.05, 4.69) is 192 Å². The van der Waals surface area contributed by atoms with E-state index in [1.54, 1.807) is 20.7 Å². The topological polar surface area (TPSA) is 0 Å². The number of allylic oxidation sites excluding steroid dienone is 2. The van der Waals surface area contributed by atoms with E-state index in [1.165, 1.54) is 66.8 Å². The van der Waals surface area contributed by atoms with Gasteiger partial charge >= 0.3 is 383 Å². The summed E-state index contributed by atoms with van der Waals surface area (Å²) in [7, 11) is 11.7. The maximum atomic E-state index is 9.05. The van der Waals surface area contributed by atoms with Crippen molar-refractivity contribution in [3.8, 4) is 22.3 Å². The van der Waals surface area contributed by atoms with Crippen molar-refractivity contribution in [2.24, 2.45) is 0 Å². The number of fused-ring (bicyclic) bond motifs is 2. The third-order valence-electron chi connectivity index (χ3n) is 14.2. The van der Waals surface area contributed by atoms with Gasteiger partial charge in [0, 0.05) is 0 Å². The summed E-state index contributed by atoms with van der Waals surface area (Å²) in [6, 6.07) is 25.2. The standard InChI is InChI=1S/2C25H35Si2.C2H7Si.2ClH.Zr/c2*1-9-10-19-13-20-12-11-18(2)25(24(20)14-19)21-15-22(26(3,4)5)17-23(16-21)27(6,7)8;1-3-2;;;/h2*11-17H,9-10H2,1-8H3;3H,1-2H3;2*1H;/q;;;;;+2/p-2. The Labute approximate surface area is 379 Å². The Balaban J connectivity index is 1.66. The van der Waals surface area contributed by atoms with Gasteiger partial charge in [-0.2, -0.15) is 0 Å². The van der Waals surface area contributed by atoms with Crippen LogP contribution >= 0.6 is 17.0 Å². The van der Waals surface area contributed by atoms with E-state index in [9.17, 15) is 0 Å². The van der Waals surface area contributed by atoms with E-state index in [4.69, 9.17) is 17.0 Å². The van der Waals surface area contributed by atoms with Crippen LogP contribution in [-0.2, 0) is 15.6 Å². The summed E-state index contributed by atoms with van der Waals surface area (Å²) in [6.45, 7) is 44.4. The van der Waals surface area contributed by atoms with Crippen LogP contribution in [0.4, 0.5) is 0 Å². The molecule has 0 fully saturated rings. The normalized spacial score (nSPS) is 18.0. The van der Waals surface area contributed by atoms with Crippen molar-refractivity contribution in [2.75, 3.05) is 0 Å². The Bertz CT molecular complexity index is 2170. The van der Waals surface area contributed by atoms with Crippen LogP contribution < -0.4 is 20.7 Å². The first kappa shape index (κ1) is 48.4. The number of aryl methyl sites for hydroxylation is 2. The Kier molecular flexibility index (Phi) is 13.5. The molecule has 0 amide bonds. The molecule has 60 heavy (non-hydrogen) atoms. The monoisotopic (exact) mass is 1000 g/mol. The molecule has 0 spiro atoms. The summed E-state index contributed by atoms with van der Waals surface area (Å²) in [5, 5.41) is 6.25. The first-order valence-corrected chi connectivity index (χ1v) is 53.4. The van der Waals surface area contributed by atoms with Gasteiger partial charge in [0.15, 0.2) is 0 Å². The molecule has 0 saturated carbocycles. The molecule has 0 aromatic heterocycles. The first-order valence-electron chi connectivity index (χ1n) is 23.1. The molecule has 0 aliphatic heterocycles. The summed E-state index contributed by atoms with van der Waals surface area (Å²) in [5.41, 5.74) is 17.0. The molecule has 0 saturated heterocycles. The van der Waals surface area contributed by atoms with Crippen molar-refractivity contribution < 1.29 is 15.6 Å². The molecule has 0 heterocycles.